The molecule has 2 heterocycles. The van der Waals surface area contributed by atoms with Crippen LogP contribution in [0.25, 0.3) is 10.9 Å². The maximum Gasteiger partial charge on any atom is 0.323 e. The lowest BCUT2D eigenvalue weighted by molar-refractivity contribution is -0.136. The number of pyridine rings is 2. The Morgan fingerprint density at radius 3 is 2.56 bits per heavy atom. The standard InChI is InChI=1S/C17H11ClFN3O5/c18-16-14-11(15(26)17(21-16)22(8-23)7-13(24)25)5-6-12(20-14)27-10-3-1-9(19)2-4-10/h1-6,8,26H,7H2,(H,24,25). The maximum atomic E-state index is 13.0. The van der Waals surface area contributed by atoms with Crippen molar-refractivity contribution in [2.24, 2.45) is 0 Å². The van der Waals surface area contributed by atoms with Crippen molar-refractivity contribution in [2.75, 3.05) is 11.4 Å². The van der Waals surface area contributed by atoms with Gasteiger partial charge in [-0.3, -0.25) is 14.5 Å². The molecule has 0 saturated heterocycles. The van der Waals surface area contributed by atoms with Crippen LogP contribution in [-0.4, -0.2) is 39.1 Å². The van der Waals surface area contributed by atoms with Crippen LogP contribution >= 0.6 is 11.6 Å². The minimum absolute atomic E-state index is 0.0821. The number of amides is 1. The molecule has 10 heteroatoms. The van der Waals surface area contributed by atoms with Crippen LogP contribution in [0.2, 0.25) is 5.15 Å². The van der Waals surface area contributed by atoms with Gasteiger partial charge in [0.05, 0.1) is 0 Å². The molecule has 0 aliphatic rings. The second kappa shape index (κ2) is 7.42. The van der Waals surface area contributed by atoms with Crippen LogP contribution in [0, 0.1) is 5.82 Å². The highest BCUT2D eigenvalue weighted by Crippen LogP contribution is 2.37. The number of hydrogen-bond donors (Lipinski definition) is 2. The number of ether oxygens (including phenoxy) is 1. The number of carbonyl (C=O) groups is 2. The average molecular weight is 392 g/mol. The number of aromatic nitrogens is 2. The summed E-state index contributed by atoms with van der Waals surface area (Å²) in [5, 5.41) is 19.2. The number of nitrogens with zero attached hydrogens (tertiary/aromatic N) is 3. The Morgan fingerprint density at radius 1 is 1.22 bits per heavy atom. The largest absolute Gasteiger partial charge is 0.504 e. The van der Waals surface area contributed by atoms with Gasteiger partial charge < -0.3 is 14.9 Å². The lowest BCUT2D eigenvalue weighted by atomic mass is 10.2. The Balaban J connectivity index is 2.01. The van der Waals surface area contributed by atoms with Crippen molar-refractivity contribution in [3.63, 3.8) is 0 Å². The number of hydrogen-bond acceptors (Lipinski definition) is 6. The average Bonchev–Trinajstić information content (AvgIpc) is 2.64. The number of aliphatic carboxylic acids is 1. The summed E-state index contributed by atoms with van der Waals surface area (Å²) < 4.78 is 18.5. The van der Waals surface area contributed by atoms with E-state index in [9.17, 15) is 19.1 Å². The van der Waals surface area contributed by atoms with E-state index in [-0.39, 0.29) is 34.2 Å². The zero-order valence-electron chi connectivity index (χ0n) is 13.5. The Kier molecular flexibility index (Phi) is 5.04. The molecule has 0 saturated carbocycles. The first kappa shape index (κ1) is 18.3. The SMILES string of the molecule is O=CN(CC(=O)O)c1nc(Cl)c2nc(Oc3ccc(F)cc3)ccc2c1O. The van der Waals surface area contributed by atoms with Crippen LogP contribution < -0.4 is 9.64 Å². The summed E-state index contributed by atoms with van der Waals surface area (Å²) in [6.07, 6.45) is 0.220. The molecule has 138 valence electrons. The number of carboxylic acids is 1. The molecule has 2 N–H and O–H groups in total. The summed E-state index contributed by atoms with van der Waals surface area (Å²) in [4.78, 5) is 30.7. The fourth-order valence-electron chi connectivity index (χ4n) is 2.30. The molecule has 2 aromatic heterocycles. The highest BCUT2D eigenvalue weighted by molar-refractivity contribution is 6.34. The lowest BCUT2D eigenvalue weighted by Crippen LogP contribution is -2.29. The molecule has 8 nitrogen and oxygen atoms in total. The van der Waals surface area contributed by atoms with E-state index in [0.717, 1.165) is 0 Å². The van der Waals surface area contributed by atoms with Gasteiger partial charge in [0.25, 0.3) is 0 Å². The third kappa shape index (κ3) is 3.87. The second-order valence-corrected chi connectivity index (χ2v) is 5.66. The van der Waals surface area contributed by atoms with E-state index in [4.69, 9.17) is 21.4 Å². The molecule has 0 bridgehead atoms. The van der Waals surface area contributed by atoms with E-state index in [1.54, 1.807) is 0 Å². The molecule has 0 aliphatic carbocycles. The van der Waals surface area contributed by atoms with Gasteiger partial charge in [-0.2, -0.15) is 0 Å². The van der Waals surface area contributed by atoms with E-state index in [1.165, 1.54) is 36.4 Å². The van der Waals surface area contributed by atoms with E-state index < -0.39 is 24.1 Å². The van der Waals surface area contributed by atoms with Crippen LogP contribution in [0.3, 0.4) is 0 Å². The van der Waals surface area contributed by atoms with Crippen molar-refractivity contribution in [3.8, 4) is 17.4 Å². The van der Waals surface area contributed by atoms with Crippen molar-refractivity contribution in [2.45, 2.75) is 0 Å². The van der Waals surface area contributed by atoms with Crippen molar-refractivity contribution in [3.05, 3.63) is 47.4 Å². The molecular formula is C17H11ClFN3O5. The summed E-state index contributed by atoms with van der Waals surface area (Å²) in [6.45, 7) is -0.703. The normalized spacial score (nSPS) is 10.6. The Hall–Kier alpha value is -3.46. The van der Waals surface area contributed by atoms with Gasteiger partial charge in [0, 0.05) is 11.5 Å². The monoisotopic (exact) mass is 391 g/mol. The Bertz CT molecular complexity index is 1030. The van der Waals surface area contributed by atoms with E-state index >= 15 is 0 Å². The number of carboxylic acid groups (broad SMARTS) is 1. The maximum absolute atomic E-state index is 13.0. The van der Waals surface area contributed by atoms with Crippen LogP contribution in [0.1, 0.15) is 0 Å². The van der Waals surface area contributed by atoms with Crippen LogP contribution in [0.4, 0.5) is 10.2 Å². The fraction of sp³-hybridized carbons (Fsp3) is 0.0588. The van der Waals surface area contributed by atoms with Crippen molar-refractivity contribution >= 4 is 40.7 Å². The van der Waals surface area contributed by atoms with Gasteiger partial charge in [-0.15, -0.1) is 0 Å². The van der Waals surface area contributed by atoms with E-state index in [0.29, 0.717) is 10.6 Å². The zero-order chi connectivity index (χ0) is 19.6. The first-order valence-electron chi connectivity index (χ1n) is 7.45. The summed E-state index contributed by atoms with van der Waals surface area (Å²) in [7, 11) is 0. The predicted octanol–water partition coefficient (Wildman–Crippen LogP) is 2.97. The van der Waals surface area contributed by atoms with Crippen molar-refractivity contribution < 1.29 is 28.9 Å². The zero-order valence-corrected chi connectivity index (χ0v) is 14.2. The fourth-order valence-corrected chi connectivity index (χ4v) is 2.52. The number of rotatable bonds is 6. The summed E-state index contributed by atoms with van der Waals surface area (Å²) in [5.74, 6) is -2.02. The van der Waals surface area contributed by atoms with Gasteiger partial charge in [-0.05, 0) is 30.3 Å². The van der Waals surface area contributed by atoms with E-state index in [2.05, 4.69) is 9.97 Å². The first-order chi connectivity index (χ1) is 12.9. The van der Waals surface area contributed by atoms with Gasteiger partial charge in [0.2, 0.25) is 12.3 Å². The topological polar surface area (TPSA) is 113 Å². The number of anilines is 1. The molecule has 0 fully saturated rings. The van der Waals surface area contributed by atoms with Gasteiger partial charge in [-0.25, -0.2) is 14.4 Å². The van der Waals surface area contributed by atoms with Crippen LogP contribution in [-0.2, 0) is 9.59 Å². The lowest BCUT2D eigenvalue weighted by Gasteiger charge is -2.17. The molecule has 0 aliphatic heterocycles. The van der Waals surface area contributed by atoms with E-state index in [1.807, 2.05) is 0 Å². The molecular weight excluding hydrogens is 381 g/mol. The number of benzene rings is 1. The van der Waals surface area contributed by atoms with Crippen molar-refractivity contribution in [1.82, 2.24) is 9.97 Å². The van der Waals surface area contributed by atoms with Crippen LogP contribution in [0.5, 0.6) is 17.4 Å². The molecule has 0 atom stereocenters. The van der Waals surface area contributed by atoms with Crippen LogP contribution in [0.15, 0.2) is 36.4 Å². The number of halogens is 2. The number of fused-ring (bicyclic) bond motifs is 1. The molecule has 0 radical (unpaired) electrons. The van der Waals surface area contributed by atoms with Gasteiger partial charge in [0.1, 0.15) is 23.6 Å². The number of carbonyl (C=O) groups excluding carboxylic acids is 1. The van der Waals surface area contributed by atoms with Gasteiger partial charge in [-0.1, -0.05) is 11.6 Å². The number of aromatic hydroxyl groups is 1. The predicted molar refractivity (Wildman–Crippen MR) is 93.7 cm³/mol. The third-order valence-corrected chi connectivity index (χ3v) is 3.74. The molecule has 1 aromatic carbocycles. The Morgan fingerprint density at radius 2 is 1.93 bits per heavy atom. The summed E-state index contributed by atoms with van der Waals surface area (Å²) in [6, 6.07) is 8.12. The molecule has 1 amide bonds. The smallest absolute Gasteiger partial charge is 0.323 e. The third-order valence-electron chi connectivity index (χ3n) is 3.48. The van der Waals surface area contributed by atoms with Gasteiger partial charge >= 0.3 is 5.97 Å². The molecule has 3 aromatic rings. The highest BCUT2D eigenvalue weighted by Gasteiger charge is 2.21. The minimum atomic E-state index is -1.29. The minimum Gasteiger partial charge on any atom is -0.504 e. The summed E-state index contributed by atoms with van der Waals surface area (Å²) >= 11 is 6.09. The summed E-state index contributed by atoms with van der Waals surface area (Å²) in [5.41, 5.74) is 0.0821. The second-order valence-electron chi connectivity index (χ2n) is 5.30. The first-order valence-corrected chi connectivity index (χ1v) is 7.83. The van der Waals surface area contributed by atoms with Gasteiger partial charge in [0.15, 0.2) is 16.7 Å². The molecule has 0 spiro atoms. The molecule has 3 rings (SSSR count). The highest BCUT2D eigenvalue weighted by atomic mass is 35.5. The molecule has 27 heavy (non-hydrogen) atoms. The Labute approximate surface area is 156 Å². The molecule has 0 unspecified atom stereocenters. The quantitative estimate of drug-likeness (QED) is 0.490. The van der Waals surface area contributed by atoms with Crippen molar-refractivity contribution in [1.29, 1.82) is 0 Å².